The molecule has 0 aliphatic heterocycles. The van der Waals surface area contributed by atoms with Gasteiger partial charge in [-0.2, -0.15) is 57.1 Å². The van der Waals surface area contributed by atoms with Crippen molar-refractivity contribution in [3.05, 3.63) is 11.6 Å². The van der Waals surface area contributed by atoms with E-state index < -0.39 is 79.5 Å². The molecule has 0 spiro atoms. The molecule has 0 N–H and O–H groups in total. The molecule has 0 unspecified atom stereocenters. The summed E-state index contributed by atoms with van der Waals surface area (Å²) < 4.78 is 187. The van der Waals surface area contributed by atoms with Crippen LogP contribution in [-0.4, -0.2) is 63.3 Å². The Bertz CT molecular complexity index is 892. The molecule has 0 heterocycles. The summed E-state index contributed by atoms with van der Waals surface area (Å²) in [6.45, 7) is 10.3. The molecule has 0 amide bonds. The number of carbonyl (C=O) groups is 1. The van der Waals surface area contributed by atoms with Gasteiger partial charge >= 0.3 is 41.8 Å². The van der Waals surface area contributed by atoms with Gasteiger partial charge in [0.2, 0.25) is 0 Å². The lowest BCUT2D eigenvalue weighted by Crippen LogP contribution is -2.70. The van der Waals surface area contributed by atoms with Crippen LogP contribution >= 0.6 is 0 Å². The van der Waals surface area contributed by atoms with Gasteiger partial charge < -0.3 is 9.16 Å². The lowest BCUT2D eigenvalue weighted by atomic mass is 9.93. The van der Waals surface area contributed by atoms with Crippen LogP contribution < -0.4 is 0 Å². The summed E-state index contributed by atoms with van der Waals surface area (Å²) in [5.41, 5.74) is -1.17. The molecule has 0 aliphatic rings. The predicted octanol–water partition coefficient (Wildman–Crippen LogP) is 9.43. The number of esters is 1. The summed E-state index contributed by atoms with van der Waals surface area (Å²) in [5.74, 6) is -38.2. The molecule has 0 saturated heterocycles. The smallest absolute Gasteiger partial charge is 0.460 e. The Balaban J connectivity index is 6.32. The molecule has 3 nitrogen and oxygen atoms in total. The van der Waals surface area contributed by atoms with Crippen molar-refractivity contribution in [3.63, 3.8) is 0 Å². The third-order valence-electron chi connectivity index (χ3n) is 6.96. The third-order valence-corrected chi connectivity index (χ3v) is 12.6. The maximum Gasteiger partial charge on any atom is 0.460 e. The van der Waals surface area contributed by atoms with Crippen LogP contribution in [0.4, 0.5) is 57.1 Å². The summed E-state index contributed by atoms with van der Waals surface area (Å²) in [5, 5.41) is 0. The van der Waals surface area contributed by atoms with E-state index in [-0.39, 0.29) is 18.8 Å². The number of ether oxygens (including phenoxy) is 1. The van der Waals surface area contributed by atoms with Gasteiger partial charge in [0.25, 0.3) is 0 Å². The Morgan fingerprint density at radius 1 is 0.756 bits per heavy atom. The van der Waals surface area contributed by atoms with Crippen molar-refractivity contribution in [2.24, 2.45) is 5.92 Å². The van der Waals surface area contributed by atoms with Crippen molar-refractivity contribution in [3.8, 4) is 0 Å². The normalized spacial score (nSPS) is 16.0. The van der Waals surface area contributed by atoms with E-state index >= 15 is 0 Å². The standard InChI is InChI=1S/C24H35F13O3Si/c1-8-17(12-16(7)18(38)39-9-2)13-40-41(14(3)4,15(5)6)11-10-19(25,26)20(27,28)21(29,30)22(31,32)23(33,34)24(35,36)37/h12,14-15,17H,8-11,13H2,1-7H3/b16-12+/t17-/m0/s1. The number of halogens is 13. The highest BCUT2D eigenvalue weighted by atomic mass is 28.4. The average Bonchev–Trinajstić information content (AvgIpc) is 2.81. The van der Waals surface area contributed by atoms with Crippen LogP contribution in [0.5, 0.6) is 0 Å². The second-order valence-corrected chi connectivity index (χ2v) is 15.3. The first-order valence-corrected chi connectivity index (χ1v) is 14.9. The summed E-state index contributed by atoms with van der Waals surface area (Å²) >= 11 is 0. The second kappa shape index (κ2) is 13.4. The number of alkyl halides is 13. The maximum atomic E-state index is 14.6. The SMILES string of the molecule is CCOC(=O)/C(C)=C/[C@H](CC)CO[Si](CCC(F)(F)C(F)(F)C(F)(F)C(F)(F)C(F)(F)C(F)(F)F)(C(C)C)C(C)C. The summed E-state index contributed by atoms with van der Waals surface area (Å²) in [4.78, 5) is 11.9. The van der Waals surface area contributed by atoms with Crippen molar-refractivity contribution in [2.45, 2.75) is 114 Å². The molecular weight excluding hydrogens is 611 g/mol. The van der Waals surface area contributed by atoms with Crippen molar-refractivity contribution >= 4 is 14.3 Å². The van der Waals surface area contributed by atoms with Crippen LogP contribution in [0, 0.1) is 5.92 Å². The van der Waals surface area contributed by atoms with Gasteiger partial charge in [0.05, 0.1) is 6.61 Å². The first-order chi connectivity index (χ1) is 18.1. The first-order valence-electron chi connectivity index (χ1n) is 12.6. The van der Waals surface area contributed by atoms with Gasteiger partial charge in [-0.15, -0.1) is 0 Å². The van der Waals surface area contributed by atoms with Crippen LogP contribution in [0.1, 0.15) is 61.3 Å². The average molecular weight is 647 g/mol. The number of hydrogen-bond donors (Lipinski definition) is 0. The Hall–Kier alpha value is -1.52. The first kappa shape index (κ1) is 39.5. The molecule has 0 aromatic carbocycles. The van der Waals surface area contributed by atoms with Crippen LogP contribution in [0.25, 0.3) is 0 Å². The monoisotopic (exact) mass is 646 g/mol. The Labute approximate surface area is 230 Å². The van der Waals surface area contributed by atoms with Gasteiger partial charge in [-0.25, -0.2) is 4.79 Å². The van der Waals surface area contributed by atoms with Crippen LogP contribution in [0.3, 0.4) is 0 Å². The Morgan fingerprint density at radius 3 is 1.56 bits per heavy atom. The molecular formula is C24H35F13O3Si. The number of rotatable bonds is 16. The molecule has 0 aromatic heterocycles. The lowest BCUT2D eigenvalue weighted by molar-refractivity contribution is -0.440. The van der Waals surface area contributed by atoms with Gasteiger partial charge in [-0.1, -0.05) is 40.7 Å². The lowest BCUT2D eigenvalue weighted by Gasteiger charge is -2.42. The van der Waals surface area contributed by atoms with E-state index in [4.69, 9.17) is 9.16 Å². The van der Waals surface area contributed by atoms with E-state index in [9.17, 15) is 61.9 Å². The maximum absolute atomic E-state index is 14.6. The molecule has 0 aromatic rings. The Morgan fingerprint density at radius 2 is 1.20 bits per heavy atom. The molecule has 0 radical (unpaired) electrons. The van der Waals surface area contributed by atoms with Gasteiger partial charge in [0.1, 0.15) is 0 Å². The summed E-state index contributed by atoms with van der Waals surface area (Å²) in [6.07, 6.45) is -7.93. The van der Waals surface area contributed by atoms with Crippen LogP contribution in [0.2, 0.25) is 17.1 Å². The molecule has 0 fully saturated rings. The van der Waals surface area contributed by atoms with E-state index in [0.29, 0.717) is 6.42 Å². The molecule has 244 valence electrons. The number of carbonyl (C=O) groups excluding carboxylic acids is 1. The fraction of sp³-hybridized carbons (Fsp3) is 0.875. The van der Waals surface area contributed by atoms with E-state index in [1.807, 2.05) is 0 Å². The largest absolute Gasteiger partial charge is 0.463 e. The minimum Gasteiger partial charge on any atom is -0.463 e. The molecule has 41 heavy (non-hydrogen) atoms. The summed E-state index contributed by atoms with van der Waals surface area (Å²) in [6, 6.07) is -1.07. The third kappa shape index (κ3) is 7.71. The fourth-order valence-electron chi connectivity index (χ4n) is 4.17. The molecule has 0 bridgehead atoms. The molecule has 1 atom stereocenters. The zero-order valence-corrected chi connectivity index (χ0v) is 24.5. The van der Waals surface area contributed by atoms with E-state index in [1.54, 1.807) is 13.8 Å². The molecule has 17 heteroatoms. The van der Waals surface area contributed by atoms with Crippen molar-refractivity contribution in [2.75, 3.05) is 13.2 Å². The number of hydrogen-bond acceptors (Lipinski definition) is 3. The quantitative estimate of drug-likeness (QED) is 0.0726. The van der Waals surface area contributed by atoms with Crippen molar-refractivity contribution < 1.29 is 71.0 Å². The van der Waals surface area contributed by atoms with Crippen LogP contribution in [-0.2, 0) is 14.0 Å². The zero-order valence-electron chi connectivity index (χ0n) is 23.5. The topological polar surface area (TPSA) is 35.5 Å². The molecule has 0 aliphatic carbocycles. The fourth-order valence-corrected chi connectivity index (χ4v) is 8.70. The van der Waals surface area contributed by atoms with Gasteiger partial charge in [-0.3, -0.25) is 0 Å². The van der Waals surface area contributed by atoms with E-state index in [0.717, 1.165) is 0 Å². The predicted molar refractivity (Wildman–Crippen MR) is 126 cm³/mol. The highest BCUT2D eigenvalue weighted by Gasteiger charge is 2.90. The minimum absolute atomic E-state index is 0.0751. The van der Waals surface area contributed by atoms with Crippen molar-refractivity contribution in [1.29, 1.82) is 0 Å². The van der Waals surface area contributed by atoms with E-state index in [1.165, 1.54) is 40.7 Å². The van der Waals surface area contributed by atoms with Gasteiger partial charge in [0, 0.05) is 18.6 Å². The second-order valence-electron chi connectivity index (χ2n) is 10.3. The molecule has 0 rings (SSSR count). The highest BCUT2D eigenvalue weighted by molar-refractivity contribution is 6.76. The summed E-state index contributed by atoms with van der Waals surface area (Å²) in [7, 11) is -3.70. The minimum atomic E-state index is -7.93. The highest BCUT2D eigenvalue weighted by Crippen LogP contribution is 2.61. The van der Waals surface area contributed by atoms with Gasteiger partial charge in [-0.05, 0) is 43.3 Å². The molecule has 0 saturated carbocycles. The van der Waals surface area contributed by atoms with Crippen molar-refractivity contribution in [1.82, 2.24) is 0 Å². The van der Waals surface area contributed by atoms with Gasteiger partial charge in [0.15, 0.2) is 8.32 Å². The van der Waals surface area contributed by atoms with Crippen LogP contribution in [0.15, 0.2) is 11.6 Å². The Kier molecular flexibility index (Phi) is 12.9. The zero-order chi connectivity index (χ0) is 33.0. The van der Waals surface area contributed by atoms with E-state index in [2.05, 4.69) is 0 Å².